The third kappa shape index (κ3) is 5.39. The fourth-order valence-corrected chi connectivity index (χ4v) is 4.75. The van der Waals surface area contributed by atoms with E-state index < -0.39 is 12.0 Å². The average Bonchev–Trinajstić information content (AvgIpc) is 2.87. The third-order valence-corrected chi connectivity index (χ3v) is 6.95. The molecule has 2 aromatic carbocycles. The van der Waals surface area contributed by atoms with E-state index in [4.69, 9.17) is 16.3 Å². The van der Waals surface area contributed by atoms with Crippen molar-refractivity contribution in [1.29, 1.82) is 0 Å². The fourth-order valence-electron chi connectivity index (χ4n) is 4.53. The van der Waals surface area contributed by atoms with Gasteiger partial charge in [0.15, 0.2) is 0 Å². The Kier molecular flexibility index (Phi) is 7.96. The summed E-state index contributed by atoms with van der Waals surface area (Å²) >= 11 is 6.22. The largest absolute Gasteiger partial charge is 0.463 e. The van der Waals surface area contributed by atoms with Gasteiger partial charge in [-0.25, -0.2) is 9.59 Å². The predicted octanol–water partition coefficient (Wildman–Crippen LogP) is 3.62. The summed E-state index contributed by atoms with van der Waals surface area (Å²) in [5.74, 6) is -0.544. The van der Waals surface area contributed by atoms with Gasteiger partial charge in [-0.1, -0.05) is 53.6 Å². The van der Waals surface area contributed by atoms with Crippen LogP contribution in [-0.2, 0) is 9.53 Å². The molecule has 0 aromatic heterocycles. The van der Waals surface area contributed by atoms with E-state index in [1.54, 1.807) is 43.1 Å². The molecule has 8 nitrogen and oxygen atoms in total. The first-order valence-electron chi connectivity index (χ1n) is 12.1. The lowest BCUT2D eigenvalue weighted by Crippen LogP contribution is -2.53. The maximum absolute atomic E-state index is 13.1. The van der Waals surface area contributed by atoms with Crippen LogP contribution >= 0.6 is 11.6 Å². The van der Waals surface area contributed by atoms with Gasteiger partial charge in [0.2, 0.25) is 0 Å². The molecule has 3 amide bonds. The van der Waals surface area contributed by atoms with E-state index in [0.29, 0.717) is 54.6 Å². The number of carbonyl (C=O) groups is 3. The van der Waals surface area contributed by atoms with Crippen LogP contribution in [0.25, 0.3) is 0 Å². The highest BCUT2D eigenvalue weighted by Crippen LogP contribution is 2.32. The topological polar surface area (TPSA) is 82.2 Å². The summed E-state index contributed by atoms with van der Waals surface area (Å²) in [5, 5.41) is 3.38. The second-order valence-corrected chi connectivity index (χ2v) is 9.39. The van der Waals surface area contributed by atoms with Crippen LogP contribution in [-0.4, -0.2) is 79.0 Å². The van der Waals surface area contributed by atoms with Crippen LogP contribution in [0.2, 0.25) is 5.02 Å². The summed E-state index contributed by atoms with van der Waals surface area (Å²) in [6.07, 6.45) is 0. The first-order valence-corrected chi connectivity index (χ1v) is 12.4. The molecule has 1 saturated heterocycles. The number of aryl methyl sites for hydroxylation is 1. The van der Waals surface area contributed by atoms with E-state index in [9.17, 15) is 14.4 Å². The van der Waals surface area contributed by atoms with Gasteiger partial charge in [-0.2, -0.15) is 0 Å². The Labute approximate surface area is 216 Å². The highest BCUT2D eigenvalue weighted by molar-refractivity contribution is 6.33. The van der Waals surface area contributed by atoms with Gasteiger partial charge in [-0.05, 0) is 31.5 Å². The molecular weight excluding hydrogens is 480 g/mol. The number of likely N-dealkylation sites (N-methyl/N-ethyl adjacent to an activating group) is 1. The molecule has 1 atom stereocenters. The molecule has 2 aromatic rings. The number of nitrogens with zero attached hydrogens (tertiary/aromatic N) is 3. The number of piperazine rings is 1. The van der Waals surface area contributed by atoms with Crippen molar-refractivity contribution in [3.05, 3.63) is 81.5 Å². The number of hydrogen-bond donors (Lipinski definition) is 1. The van der Waals surface area contributed by atoms with Crippen molar-refractivity contribution in [1.82, 2.24) is 20.0 Å². The Morgan fingerprint density at radius 3 is 2.36 bits per heavy atom. The molecule has 2 heterocycles. The lowest BCUT2D eigenvalue weighted by Gasteiger charge is -2.39. The van der Waals surface area contributed by atoms with E-state index in [-0.39, 0.29) is 18.5 Å². The molecule has 0 aliphatic carbocycles. The molecule has 0 saturated carbocycles. The zero-order chi connectivity index (χ0) is 25.8. The van der Waals surface area contributed by atoms with E-state index in [1.807, 2.05) is 31.2 Å². The van der Waals surface area contributed by atoms with Crippen LogP contribution in [0, 0.1) is 6.92 Å². The molecule has 0 bridgehead atoms. The summed E-state index contributed by atoms with van der Waals surface area (Å²) in [6.45, 7) is 6.60. The maximum atomic E-state index is 13.1. The molecule has 4 rings (SSSR count). The molecule has 2 aliphatic heterocycles. The Morgan fingerprint density at radius 1 is 1.06 bits per heavy atom. The van der Waals surface area contributed by atoms with Crippen molar-refractivity contribution in [3.8, 4) is 0 Å². The van der Waals surface area contributed by atoms with Gasteiger partial charge >= 0.3 is 12.0 Å². The zero-order valence-electron chi connectivity index (χ0n) is 20.8. The van der Waals surface area contributed by atoms with Crippen molar-refractivity contribution in [2.45, 2.75) is 19.9 Å². The Balaban J connectivity index is 1.57. The number of amides is 3. The monoisotopic (exact) mass is 510 g/mol. The predicted molar refractivity (Wildman–Crippen MR) is 138 cm³/mol. The van der Waals surface area contributed by atoms with Crippen molar-refractivity contribution in [3.63, 3.8) is 0 Å². The number of urea groups is 1. The number of carbonyl (C=O) groups excluding carboxylic acids is 3. The lowest BCUT2D eigenvalue weighted by molar-refractivity contribution is -0.139. The van der Waals surface area contributed by atoms with Gasteiger partial charge in [0.25, 0.3) is 5.91 Å². The lowest BCUT2D eigenvalue weighted by atomic mass is 9.93. The summed E-state index contributed by atoms with van der Waals surface area (Å²) in [4.78, 5) is 44.4. The van der Waals surface area contributed by atoms with Gasteiger partial charge < -0.3 is 15.0 Å². The number of benzene rings is 2. The molecule has 9 heteroatoms. The van der Waals surface area contributed by atoms with E-state index in [2.05, 4.69) is 10.2 Å². The van der Waals surface area contributed by atoms with Crippen molar-refractivity contribution >= 4 is 29.5 Å². The molecule has 36 heavy (non-hydrogen) atoms. The summed E-state index contributed by atoms with van der Waals surface area (Å²) in [6, 6.07) is 13.9. The molecule has 0 spiro atoms. The Hall–Kier alpha value is -3.36. The number of esters is 1. The minimum atomic E-state index is -0.605. The normalized spacial score (nSPS) is 18.8. The maximum Gasteiger partial charge on any atom is 0.338 e. The average molecular weight is 511 g/mol. The quantitative estimate of drug-likeness (QED) is 0.600. The van der Waals surface area contributed by atoms with Gasteiger partial charge in [0.05, 0.1) is 28.8 Å². The Morgan fingerprint density at radius 2 is 1.72 bits per heavy atom. The first-order chi connectivity index (χ1) is 17.3. The van der Waals surface area contributed by atoms with Crippen LogP contribution in [0.15, 0.2) is 59.8 Å². The SMILES string of the molecule is CCOC(=O)C1=C(CN2CCN(C(=O)c3ccccc3Cl)CC2)N(C)C(=O)N[C@@H]1c1ccc(C)cc1. The number of halogens is 1. The minimum Gasteiger partial charge on any atom is -0.463 e. The number of nitrogens with one attached hydrogen (secondary N) is 1. The summed E-state index contributed by atoms with van der Waals surface area (Å²) < 4.78 is 5.41. The van der Waals surface area contributed by atoms with Gasteiger partial charge in [0.1, 0.15) is 0 Å². The van der Waals surface area contributed by atoms with Gasteiger partial charge in [-0.3, -0.25) is 14.6 Å². The molecular formula is C27H31ClN4O4. The van der Waals surface area contributed by atoms with Crippen LogP contribution in [0.1, 0.15) is 34.5 Å². The molecule has 1 fully saturated rings. The van der Waals surface area contributed by atoms with Crippen LogP contribution in [0.4, 0.5) is 4.79 Å². The first kappa shape index (κ1) is 25.7. The highest BCUT2D eigenvalue weighted by atomic mass is 35.5. The molecule has 2 aliphatic rings. The van der Waals surface area contributed by atoms with Crippen LogP contribution in [0.5, 0.6) is 0 Å². The molecule has 0 radical (unpaired) electrons. The third-order valence-electron chi connectivity index (χ3n) is 6.62. The molecule has 0 unspecified atom stereocenters. The van der Waals surface area contributed by atoms with Crippen LogP contribution < -0.4 is 5.32 Å². The molecule has 190 valence electrons. The smallest absolute Gasteiger partial charge is 0.338 e. The highest BCUT2D eigenvalue weighted by Gasteiger charge is 2.37. The number of rotatable bonds is 6. The number of hydrogen-bond acceptors (Lipinski definition) is 5. The minimum absolute atomic E-state index is 0.0970. The van der Waals surface area contributed by atoms with Crippen molar-refractivity contribution in [2.75, 3.05) is 46.4 Å². The Bertz CT molecular complexity index is 1170. The fraction of sp³-hybridized carbons (Fsp3) is 0.370. The summed E-state index contributed by atoms with van der Waals surface area (Å²) in [7, 11) is 1.66. The number of ether oxygens (including phenoxy) is 1. The summed E-state index contributed by atoms with van der Waals surface area (Å²) in [5.41, 5.74) is 3.43. The zero-order valence-corrected chi connectivity index (χ0v) is 21.5. The van der Waals surface area contributed by atoms with E-state index in [0.717, 1.165) is 11.1 Å². The van der Waals surface area contributed by atoms with Gasteiger partial charge in [-0.15, -0.1) is 0 Å². The second kappa shape index (κ2) is 11.1. The molecule has 1 N–H and O–H groups in total. The van der Waals surface area contributed by atoms with Crippen molar-refractivity contribution in [2.24, 2.45) is 0 Å². The van der Waals surface area contributed by atoms with Crippen molar-refractivity contribution < 1.29 is 19.1 Å². The van der Waals surface area contributed by atoms with E-state index >= 15 is 0 Å². The second-order valence-electron chi connectivity index (χ2n) is 8.98. The van der Waals surface area contributed by atoms with Crippen LogP contribution in [0.3, 0.4) is 0 Å². The standard InChI is InChI=1S/C27H31ClN4O4/c1-4-36-26(34)23-22(30(3)27(35)29-24(23)19-11-9-18(2)10-12-19)17-31-13-15-32(16-14-31)25(33)20-7-5-6-8-21(20)28/h5-12,24H,4,13-17H2,1-3H3,(H,29,35)/t24-/m1/s1. The van der Waals surface area contributed by atoms with Gasteiger partial charge in [0, 0.05) is 45.5 Å². The van der Waals surface area contributed by atoms with E-state index in [1.165, 1.54) is 4.90 Å².